The maximum Gasteiger partial charge on any atom is 0.271 e. The summed E-state index contributed by atoms with van der Waals surface area (Å²) in [6, 6.07) is 5.92. The number of nitrogens with zero attached hydrogens (tertiary/aromatic N) is 4. The third-order valence-electron chi connectivity index (χ3n) is 4.09. The molecule has 0 N–H and O–H groups in total. The highest BCUT2D eigenvalue weighted by atomic mass is 16.6. The van der Waals surface area contributed by atoms with Gasteiger partial charge < -0.3 is 9.64 Å². The fourth-order valence-corrected chi connectivity index (χ4v) is 2.57. The number of ether oxygens (including phenoxy) is 1. The van der Waals surface area contributed by atoms with Crippen molar-refractivity contribution in [3.63, 3.8) is 0 Å². The van der Waals surface area contributed by atoms with E-state index >= 15 is 0 Å². The second-order valence-corrected chi connectivity index (χ2v) is 6.34. The number of fused-ring (bicyclic) bond motifs is 1. The van der Waals surface area contributed by atoms with E-state index in [4.69, 9.17) is 10.00 Å². The molecule has 0 aliphatic carbocycles. The van der Waals surface area contributed by atoms with Crippen molar-refractivity contribution in [1.29, 1.82) is 5.26 Å². The topological polar surface area (TPSA) is 117 Å². The first-order chi connectivity index (χ1) is 12.3. The quantitative estimate of drug-likeness (QED) is 0.563. The summed E-state index contributed by atoms with van der Waals surface area (Å²) in [5.74, 6) is -0.605. The Morgan fingerprint density at radius 3 is 2.77 bits per heavy atom. The number of non-ortho nitro benzene ring substituents is 1. The van der Waals surface area contributed by atoms with Gasteiger partial charge in [0.1, 0.15) is 12.3 Å². The smallest absolute Gasteiger partial charge is 0.271 e. The lowest BCUT2D eigenvalue weighted by Crippen LogP contribution is -2.51. The number of rotatable bonds is 6. The SMILES string of the molecule is CC(C)C1Oc2ccc([N+](=O)[O-])cc2N(CC(=O)N(C)CCC#N)C1=O. The molecule has 9 heteroatoms. The number of nitriles is 1. The Kier molecular flexibility index (Phi) is 5.77. The van der Waals surface area contributed by atoms with Gasteiger partial charge >= 0.3 is 0 Å². The average molecular weight is 360 g/mol. The van der Waals surface area contributed by atoms with Gasteiger partial charge in [0.25, 0.3) is 11.6 Å². The van der Waals surface area contributed by atoms with Crippen LogP contribution in [0.1, 0.15) is 20.3 Å². The molecule has 0 aromatic heterocycles. The van der Waals surface area contributed by atoms with Gasteiger partial charge in [-0.25, -0.2) is 0 Å². The third-order valence-corrected chi connectivity index (χ3v) is 4.09. The molecule has 0 bridgehead atoms. The van der Waals surface area contributed by atoms with Crippen LogP contribution in [0.2, 0.25) is 0 Å². The minimum atomic E-state index is -0.777. The highest BCUT2D eigenvalue weighted by molar-refractivity contribution is 6.04. The molecule has 0 saturated carbocycles. The van der Waals surface area contributed by atoms with E-state index in [2.05, 4.69) is 0 Å². The standard InChI is InChI=1S/C17H20N4O5/c1-11(2)16-17(23)20(10-15(22)19(3)8-4-7-18)13-9-12(21(24)25)5-6-14(13)26-16/h5-6,9,11,16H,4,8,10H2,1-3H3. The normalized spacial score (nSPS) is 15.9. The monoisotopic (exact) mass is 360 g/mol. The molecule has 1 unspecified atom stereocenters. The maximum atomic E-state index is 12.8. The number of carbonyl (C=O) groups is 2. The van der Waals surface area contributed by atoms with Crippen LogP contribution in [0.4, 0.5) is 11.4 Å². The van der Waals surface area contributed by atoms with Crippen LogP contribution < -0.4 is 9.64 Å². The van der Waals surface area contributed by atoms with Crippen LogP contribution in [-0.4, -0.2) is 47.9 Å². The lowest BCUT2D eigenvalue weighted by molar-refractivity contribution is -0.384. The summed E-state index contributed by atoms with van der Waals surface area (Å²) in [6.07, 6.45) is -0.600. The van der Waals surface area contributed by atoms with Gasteiger partial charge in [-0.2, -0.15) is 5.26 Å². The molecular weight excluding hydrogens is 340 g/mol. The molecule has 9 nitrogen and oxygen atoms in total. The van der Waals surface area contributed by atoms with Gasteiger partial charge in [-0.3, -0.25) is 24.6 Å². The fraction of sp³-hybridized carbons (Fsp3) is 0.471. The molecule has 0 saturated heterocycles. The number of likely N-dealkylation sites (N-methyl/N-ethyl adjacent to an activating group) is 1. The zero-order valence-electron chi connectivity index (χ0n) is 14.8. The predicted octanol–water partition coefficient (Wildman–Crippen LogP) is 1.72. The van der Waals surface area contributed by atoms with E-state index < -0.39 is 16.9 Å². The zero-order valence-corrected chi connectivity index (χ0v) is 14.8. The maximum absolute atomic E-state index is 12.8. The number of amides is 2. The first kappa shape index (κ1) is 19.2. The highest BCUT2D eigenvalue weighted by Gasteiger charge is 2.38. The summed E-state index contributed by atoms with van der Waals surface area (Å²) in [6.45, 7) is 3.60. The largest absolute Gasteiger partial charge is 0.478 e. The Morgan fingerprint density at radius 1 is 1.50 bits per heavy atom. The van der Waals surface area contributed by atoms with Gasteiger partial charge in [-0.05, 0) is 12.0 Å². The molecule has 1 aromatic carbocycles. The molecule has 1 aromatic rings. The van der Waals surface area contributed by atoms with Gasteiger partial charge in [0.15, 0.2) is 6.10 Å². The van der Waals surface area contributed by atoms with Crippen molar-refractivity contribution in [3.05, 3.63) is 28.3 Å². The van der Waals surface area contributed by atoms with Gasteiger partial charge in [-0.15, -0.1) is 0 Å². The summed E-state index contributed by atoms with van der Waals surface area (Å²) in [4.78, 5) is 38.3. The molecule has 1 atom stereocenters. The molecule has 2 rings (SSSR count). The van der Waals surface area contributed by atoms with Crippen LogP contribution in [-0.2, 0) is 9.59 Å². The van der Waals surface area contributed by atoms with Crippen molar-refractivity contribution in [2.24, 2.45) is 5.92 Å². The molecule has 1 aliphatic rings. The van der Waals surface area contributed by atoms with E-state index in [9.17, 15) is 19.7 Å². The molecule has 0 spiro atoms. The number of nitro groups is 1. The van der Waals surface area contributed by atoms with Crippen LogP contribution in [0.15, 0.2) is 18.2 Å². The number of hydrogen-bond acceptors (Lipinski definition) is 6. The minimum absolute atomic E-state index is 0.139. The van der Waals surface area contributed by atoms with Crippen LogP contribution in [0, 0.1) is 27.4 Å². The first-order valence-corrected chi connectivity index (χ1v) is 8.13. The zero-order chi connectivity index (χ0) is 19.4. The Bertz CT molecular complexity index is 771. The van der Waals surface area contributed by atoms with E-state index in [1.807, 2.05) is 19.9 Å². The Labute approximate surface area is 150 Å². The summed E-state index contributed by atoms with van der Waals surface area (Å²) >= 11 is 0. The Balaban J connectivity index is 2.37. The second kappa shape index (κ2) is 7.82. The Hall–Kier alpha value is -3.15. The van der Waals surface area contributed by atoms with Crippen molar-refractivity contribution < 1.29 is 19.2 Å². The number of hydrogen-bond donors (Lipinski definition) is 0. The van der Waals surface area contributed by atoms with Crippen molar-refractivity contribution >= 4 is 23.2 Å². The summed E-state index contributed by atoms with van der Waals surface area (Å²) in [5.41, 5.74) is 0.00145. The number of benzene rings is 1. The predicted molar refractivity (Wildman–Crippen MR) is 92.6 cm³/mol. The van der Waals surface area contributed by atoms with Crippen LogP contribution in [0.3, 0.4) is 0 Å². The fourth-order valence-electron chi connectivity index (χ4n) is 2.57. The van der Waals surface area contributed by atoms with Crippen LogP contribution >= 0.6 is 0 Å². The molecule has 2 amide bonds. The van der Waals surface area contributed by atoms with E-state index in [0.717, 1.165) is 0 Å². The number of carbonyl (C=O) groups excluding carboxylic acids is 2. The molecule has 0 radical (unpaired) electrons. The van der Waals surface area contributed by atoms with Crippen molar-refractivity contribution in [2.75, 3.05) is 25.0 Å². The van der Waals surface area contributed by atoms with E-state index in [1.54, 1.807) is 7.05 Å². The van der Waals surface area contributed by atoms with E-state index in [-0.39, 0.29) is 42.7 Å². The first-order valence-electron chi connectivity index (χ1n) is 8.13. The molecule has 1 aliphatic heterocycles. The van der Waals surface area contributed by atoms with Crippen molar-refractivity contribution in [2.45, 2.75) is 26.4 Å². The third kappa shape index (κ3) is 3.91. The van der Waals surface area contributed by atoms with Gasteiger partial charge in [0, 0.05) is 25.7 Å². The molecule has 26 heavy (non-hydrogen) atoms. The van der Waals surface area contributed by atoms with Gasteiger partial charge in [0.05, 0.1) is 23.1 Å². The number of nitro benzene ring substituents is 1. The summed E-state index contributed by atoms with van der Waals surface area (Å²) in [5, 5.41) is 19.7. The molecule has 138 valence electrons. The van der Waals surface area contributed by atoms with E-state index in [0.29, 0.717) is 5.75 Å². The van der Waals surface area contributed by atoms with Gasteiger partial charge in [0.2, 0.25) is 5.91 Å². The molecule has 0 fully saturated rings. The molecular formula is C17H20N4O5. The number of anilines is 1. The summed E-state index contributed by atoms with van der Waals surface area (Å²) in [7, 11) is 1.54. The minimum Gasteiger partial charge on any atom is -0.478 e. The molecule has 1 heterocycles. The van der Waals surface area contributed by atoms with Crippen LogP contribution in [0.5, 0.6) is 5.75 Å². The highest BCUT2D eigenvalue weighted by Crippen LogP contribution is 2.38. The summed E-state index contributed by atoms with van der Waals surface area (Å²) < 4.78 is 5.70. The Morgan fingerprint density at radius 2 is 2.19 bits per heavy atom. The second-order valence-electron chi connectivity index (χ2n) is 6.34. The van der Waals surface area contributed by atoms with Crippen LogP contribution in [0.25, 0.3) is 0 Å². The van der Waals surface area contributed by atoms with Crippen molar-refractivity contribution in [1.82, 2.24) is 4.90 Å². The lowest BCUT2D eigenvalue weighted by Gasteiger charge is -2.36. The average Bonchev–Trinajstić information content (AvgIpc) is 2.60. The van der Waals surface area contributed by atoms with Crippen molar-refractivity contribution in [3.8, 4) is 11.8 Å². The lowest BCUT2D eigenvalue weighted by atomic mass is 10.0. The van der Waals surface area contributed by atoms with E-state index in [1.165, 1.54) is 28.0 Å². The van der Waals surface area contributed by atoms with Gasteiger partial charge in [-0.1, -0.05) is 13.8 Å².